The predicted molar refractivity (Wildman–Crippen MR) is 69.6 cm³/mol. The second kappa shape index (κ2) is 4.61. The molecule has 0 saturated carbocycles. The second-order valence-corrected chi connectivity index (χ2v) is 5.87. The van der Waals surface area contributed by atoms with Gasteiger partial charge in [-0.3, -0.25) is 4.79 Å². The van der Waals surface area contributed by atoms with Crippen molar-refractivity contribution in [2.45, 2.75) is 33.3 Å². The van der Waals surface area contributed by atoms with Gasteiger partial charge in [0.1, 0.15) is 5.75 Å². The number of benzene rings is 1. The first kappa shape index (κ1) is 12.9. The first-order valence-corrected chi connectivity index (χ1v) is 6.10. The molecule has 1 aromatic carbocycles. The number of nitrogens with one attached hydrogen (secondary N) is 1. The highest BCUT2D eigenvalue weighted by molar-refractivity contribution is 5.95. The molecule has 1 aliphatic rings. The molecule has 1 unspecified atom stereocenters. The highest BCUT2D eigenvalue weighted by Gasteiger charge is 2.21. The van der Waals surface area contributed by atoms with Crippen LogP contribution in [0.15, 0.2) is 18.2 Å². The maximum atomic E-state index is 11.2. The van der Waals surface area contributed by atoms with Crippen LogP contribution in [0.2, 0.25) is 0 Å². The van der Waals surface area contributed by atoms with Crippen molar-refractivity contribution in [1.82, 2.24) is 0 Å². The first-order valence-electron chi connectivity index (χ1n) is 6.10. The summed E-state index contributed by atoms with van der Waals surface area (Å²) in [6.45, 7) is 6.30. The van der Waals surface area contributed by atoms with Gasteiger partial charge in [-0.25, -0.2) is 0 Å². The molecule has 0 bridgehead atoms. The van der Waals surface area contributed by atoms with Crippen molar-refractivity contribution >= 4 is 11.6 Å². The van der Waals surface area contributed by atoms with Crippen molar-refractivity contribution in [2.24, 2.45) is 5.41 Å². The molecule has 0 aromatic heterocycles. The highest BCUT2D eigenvalue weighted by atomic mass is 16.5. The number of carbonyl (C=O) groups is 1. The van der Waals surface area contributed by atoms with Gasteiger partial charge >= 0.3 is 0 Å². The number of fused-ring (bicyclic) bond motifs is 1. The summed E-state index contributed by atoms with van der Waals surface area (Å²) in [6, 6.07) is 5.41. The van der Waals surface area contributed by atoms with E-state index in [9.17, 15) is 9.90 Å². The number of carbonyl (C=O) groups excluding carboxylic acids is 1. The normalized spacial score (nSPS) is 16.6. The second-order valence-electron chi connectivity index (χ2n) is 5.87. The number of ether oxygens (including phenoxy) is 1. The lowest BCUT2D eigenvalue weighted by Gasteiger charge is -2.24. The molecular formula is C14H19NO3. The summed E-state index contributed by atoms with van der Waals surface area (Å²) in [7, 11) is 0. The topological polar surface area (TPSA) is 58.6 Å². The molecule has 0 spiro atoms. The van der Waals surface area contributed by atoms with Gasteiger partial charge in [0.05, 0.1) is 11.8 Å². The van der Waals surface area contributed by atoms with Crippen LogP contribution in [0, 0.1) is 5.41 Å². The highest BCUT2D eigenvalue weighted by Crippen LogP contribution is 2.34. The van der Waals surface area contributed by atoms with Crippen molar-refractivity contribution in [1.29, 1.82) is 0 Å². The zero-order valence-electron chi connectivity index (χ0n) is 11.0. The van der Waals surface area contributed by atoms with E-state index in [1.807, 2.05) is 6.07 Å². The lowest BCUT2D eigenvalue weighted by Crippen LogP contribution is -2.25. The maximum Gasteiger partial charge on any atom is 0.262 e. The van der Waals surface area contributed by atoms with Crippen LogP contribution in [0.4, 0.5) is 5.69 Å². The van der Waals surface area contributed by atoms with Crippen LogP contribution < -0.4 is 10.1 Å². The summed E-state index contributed by atoms with van der Waals surface area (Å²) in [4.78, 5) is 11.2. The fraction of sp³-hybridized carbons (Fsp3) is 0.500. The van der Waals surface area contributed by atoms with E-state index in [2.05, 4.69) is 26.1 Å². The van der Waals surface area contributed by atoms with Crippen molar-refractivity contribution < 1.29 is 14.6 Å². The monoisotopic (exact) mass is 249 g/mol. The Morgan fingerprint density at radius 2 is 2.17 bits per heavy atom. The largest absolute Gasteiger partial charge is 0.482 e. The molecule has 18 heavy (non-hydrogen) atoms. The van der Waals surface area contributed by atoms with E-state index >= 15 is 0 Å². The Balaban J connectivity index is 2.20. The molecule has 1 aliphatic heterocycles. The number of amides is 1. The lowest BCUT2D eigenvalue weighted by atomic mass is 9.87. The molecule has 0 saturated heterocycles. The Labute approximate surface area is 107 Å². The zero-order valence-corrected chi connectivity index (χ0v) is 11.0. The van der Waals surface area contributed by atoms with Gasteiger partial charge in [-0.1, -0.05) is 26.8 Å². The van der Waals surface area contributed by atoms with Gasteiger partial charge in [-0.05, 0) is 29.5 Å². The standard InChI is InChI=1S/C14H19NO3/c1-14(2,3)7-11(16)9-4-5-12-10(6-9)15-13(17)8-18-12/h4-6,11,16H,7-8H2,1-3H3,(H,15,17). The fourth-order valence-corrected chi connectivity index (χ4v) is 2.01. The maximum absolute atomic E-state index is 11.2. The summed E-state index contributed by atoms with van der Waals surface area (Å²) < 4.78 is 5.28. The minimum absolute atomic E-state index is 0.0507. The Kier molecular flexibility index (Phi) is 3.30. The smallest absolute Gasteiger partial charge is 0.262 e. The van der Waals surface area contributed by atoms with Gasteiger partial charge < -0.3 is 15.2 Å². The van der Waals surface area contributed by atoms with E-state index < -0.39 is 6.10 Å². The zero-order chi connectivity index (χ0) is 13.3. The van der Waals surface area contributed by atoms with Gasteiger partial charge in [-0.15, -0.1) is 0 Å². The van der Waals surface area contributed by atoms with Crippen molar-refractivity contribution in [3.63, 3.8) is 0 Å². The molecule has 1 heterocycles. The molecule has 0 radical (unpaired) electrons. The first-order chi connectivity index (χ1) is 8.35. The molecule has 0 aliphatic carbocycles. The van der Waals surface area contributed by atoms with E-state index in [0.29, 0.717) is 17.9 Å². The SMILES string of the molecule is CC(C)(C)CC(O)c1ccc2c(c1)NC(=O)CO2. The van der Waals surface area contributed by atoms with Crippen LogP contribution in [0.3, 0.4) is 0 Å². The third-order valence-corrected chi connectivity index (χ3v) is 2.83. The van der Waals surface area contributed by atoms with Gasteiger partial charge in [0.25, 0.3) is 5.91 Å². The number of rotatable bonds is 2. The summed E-state index contributed by atoms with van der Waals surface area (Å²) in [5.74, 6) is 0.492. The summed E-state index contributed by atoms with van der Waals surface area (Å²) in [5.41, 5.74) is 1.49. The van der Waals surface area contributed by atoms with Crippen molar-refractivity contribution in [2.75, 3.05) is 11.9 Å². The molecule has 98 valence electrons. The molecule has 1 aromatic rings. The Hall–Kier alpha value is -1.55. The Bertz CT molecular complexity index is 463. The van der Waals surface area contributed by atoms with Gasteiger partial charge in [0.2, 0.25) is 0 Å². The minimum Gasteiger partial charge on any atom is -0.482 e. The molecule has 2 N–H and O–H groups in total. The van der Waals surface area contributed by atoms with E-state index in [4.69, 9.17) is 4.74 Å². The average Bonchev–Trinajstić information content (AvgIpc) is 2.25. The Morgan fingerprint density at radius 3 is 2.83 bits per heavy atom. The van der Waals surface area contributed by atoms with E-state index in [-0.39, 0.29) is 17.9 Å². The third-order valence-electron chi connectivity index (χ3n) is 2.83. The summed E-state index contributed by atoms with van der Waals surface area (Å²) >= 11 is 0. The van der Waals surface area contributed by atoms with Gasteiger partial charge in [0, 0.05) is 0 Å². The molecule has 4 nitrogen and oxygen atoms in total. The van der Waals surface area contributed by atoms with Crippen LogP contribution in [0.1, 0.15) is 38.9 Å². The molecule has 1 atom stereocenters. The Morgan fingerprint density at radius 1 is 1.44 bits per heavy atom. The number of aliphatic hydroxyl groups excluding tert-OH is 1. The number of aliphatic hydroxyl groups is 1. The molecular weight excluding hydrogens is 230 g/mol. The number of hydrogen-bond donors (Lipinski definition) is 2. The van der Waals surface area contributed by atoms with Crippen molar-refractivity contribution in [3.8, 4) is 5.75 Å². The third kappa shape index (κ3) is 3.01. The molecule has 4 heteroatoms. The van der Waals surface area contributed by atoms with E-state index in [1.54, 1.807) is 12.1 Å². The van der Waals surface area contributed by atoms with Crippen LogP contribution in [-0.2, 0) is 4.79 Å². The van der Waals surface area contributed by atoms with Crippen LogP contribution in [-0.4, -0.2) is 17.6 Å². The quantitative estimate of drug-likeness (QED) is 0.846. The lowest BCUT2D eigenvalue weighted by molar-refractivity contribution is -0.118. The number of hydrogen-bond acceptors (Lipinski definition) is 3. The summed E-state index contributed by atoms with van der Waals surface area (Å²) in [6.07, 6.45) is 0.134. The van der Waals surface area contributed by atoms with Crippen LogP contribution in [0.25, 0.3) is 0 Å². The molecule has 0 fully saturated rings. The van der Waals surface area contributed by atoms with Crippen molar-refractivity contribution in [3.05, 3.63) is 23.8 Å². The van der Waals surface area contributed by atoms with Crippen LogP contribution in [0.5, 0.6) is 5.75 Å². The van der Waals surface area contributed by atoms with Gasteiger partial charge in [0.15, 0.2) is 6.61 Å². The van der Waals surface area contributed by atoms with Crippen LogP contribution >= 0.6 is 0 Å². The van der Waals surface area contributed by atoms with E-state index in [0.717, 1.165) is 5.56 Å². The summed E-state index contributed by atoms with van der Waals surface area (Å²) in [5, 5.41) is 12.9. The average molecular weight is 249 g/mol. The van der Waals surface area contributed by atoms with Gasteiger partial charge in [-0.2, -0.15) is 0 Å². The predicted octanol–water partition coefficient (Wildman–Crippen LogP) is 2.49. The molecule has 2 rings (SSSR count). The minimum atomic E-state index is -0.533. The molecule has 1 amide bonds. The fourth-order valence-electron chi connectivity index (χ4n) is 2.01. The van der Waals surface area contributed by atoms with E-state index in [1.165, 1.54) is 0 Å². The number of anilines is 1.